The molecule has 0 fully saturated rings. The second kappa shape index (κ2) is 4.76. The van der Waals surface area contributed by atoms with Crippen molar-refractivity contribution in [2.45, 2.75) is 13.8 Å². The third kappa shape index (κ3) is 2.19. The van der Waals surface area contributed by atoms with E-state index in [-0.39, 0.29) is 6.79 Å². The van der Waals surface area contributed by atoms with Gasteiger partial charge >= 0.3 is 0 Å². The van der Waals surface area contributed by atoms with Gasteiger partial charge in [-0.05, 0) is 43.7 Å². The van der Waals surface area contributed by atoms with Crippen LogP contribution in [-0.4, -0.2) is 23.5 Å². The minimum Gasteiger partial charge on any atom is -0.454 e. The second-order valence-electron chi connectivity index (χ2n) is 4.35. The number of nitrogens with one attached hydrogen (secondary N) is 1. The van der Waals surface area contributed by atoms with Gasteiger partial charge in [0.15, 0.2) is 11.5 Å². The molecule has 0 radical (unpaired) electrons. The fraction of sp³-hybridized carbons (Fsp3) is 0.286. The van der Waals surface area contributed by atoms with Gasteiger partial charge in [-0.25, -0.2) is 0 Å². The number of nitrogens with zero attached hydrogens (tertiary/aromatic N) is 2. The number of aryl methyl sites for hydroxylation is 1. The number of aromatic nitrogens is 2. The fourth-order valence-corrected chi connectivity index (χ4v) is 2.07. The van der Waals surface area contributed by atoms with Crippen LogP contribution in [0.4, 0.5) is 5.82 Å². The summed E-state index contributed by atoms with van der Waals surface area (Å²) in [4.78, 5) is 0. The van der Waals surface area contributed by atoms with E-state index in [2.05, 4.69) is 15.5 Å². The largest absolute Gasteiger partial charge is 0.454 e. The molecule has 5 nitrogen and oxygen atoms in total. The molecule has 0 unspecified atom stereocenters. The molecule has 1 aromatic carbocycles. The third-order valence-electron chi connectivity index (χ3n) is 3.02. The predicted octanol–water partition coefficient (Wildman–Crippen LogP) is 2.61. The molecule has 0 bridgehead atoms. The average Bonchev–Trinajstić information content (AvgIpc) is 2.86. The Morgan fingerprint density at radius 3 is 2.63 bits per heavy atom. The molecule has 2 aromatic rings. The number of ether oxygens (including phenoxy) is 2. The molecular formula is C14H15N3O2. The zero-order valence-corrected chi connectivity index (χ0v) is 10.9. The van der Waals surface area contributed by atoms with Crippen molar-refractivity contribution in [3.8, 4) is 22.8 Å². The van der Waals surface area contributed by atoms with Crippen LogP contribution in [0.1, 0.15) is 12.5 Å². The maximum absolute atomic E-state index is 5.40. The molecular weight excluding hydrogens is 242 g/mol. The van der Waals surface area contributed by atoms with Crippen molar-refractivity contribution >= 4 is 5.82 Å². The van der Waals surface area contributed by atoms with E-state index in [1.165, 1.54) is 0 Å². The molecule has 0 spiro atoms. The maximum Gasteiger partial charge on any atom is 0.231 e. The lowest BCUT2D eigenvalue weighted by atomic mass is 10.0. The highest BCUT2D eigenvalue weighted by Crippen LogP contribution is 2.37. The van der Waals surface area contributed by atoms with E-state index in [0.29, 0.717) is 0 Å². The number of anilines is 1. The SMILES string of the molecule is CCNc1ccc(-c2cc3c(cc2C)OCO3)nn1. The van der Waals surface area contributed by atoms with Crippen LogP contribution >= 0.6 is 0 Å². The van der Waals surface area contributed by atoms with E-state index < -0.39 is 0 Å². The van der Waals surface area contributed by atoms with Gasteiger partial charge in [0.2, 0.25) is 6.79 Å². The minimum absolute atomic E-state index is 0.281. The average molecular weight is 257 g/mol. The number of benzene rings is 1. The molecule has 0 saturated heterocycles. The Balaban J connectivity index is 1.97. The van der Waals surface area contributed by atoms with Gasteiger partial charge in [-0.2, -0.15) is 0 Å². The van der Waals surface area contributed by atoms with Crippen molar-refractivity contribution in [3.05, 3.63) is 29.8 Å². The molecule has 0 atom stereocenters. The molecule has 0 saturated carbocycles. The summed E-state index contributed by atoms with van der Waals surface area (Å²) >= 11 is 0. The van der Waals surface area contributed by atoms with Crippen LogP contribution in [0.25, 0.3) is 11.3 Å². The summed E-state index contributed by atoms with van der Waals surface area (Å²) in [6, 6.07) is 7.80. The highest BCUT2D eigenvalue weighted by Gasteiger charge is 2.17. The first kappa shape index (κ1) is 11.8. The van der Waals surface area contributed by atoms with Crippen LogP contribution in [0.5, 0.6) is 11.5 Å². The Morgan fingerprint density at radius 2 is 1.95 bits per heavy atom. The van der Waals surface area contributed by atoms with Gasteiger partial charge in [-0.1, -0.05) is 0 Å². The number of fused-ring (bicyclic) bond motifs is 1. The minimum atomic E-state index is 0.281. The zero-order chi connectivity index (χ0) is 13.2. The van der Waals surface area contributed by atoms with Crippen LogP contribution in [0.3, 0.4) is 0 Å². The number of hydrogen-bond donors (Lipinski definition) is 1. The Labute approximate surface area is 111 Å². The molecule has 0 amide bonds. The van der Waals surface area contributed by atoms with Crippen molar-refractivity contribution in [3.63, 3.8) is 0 Å². The van der Waals surface area contributed by atoms with Crippen molar-refractivity contribution in [1.29, 1.82) is 0 Å². The van der Waals surface area contributed by atoms with Crippen molar-refractivity contribution < 1.29 is 9.47 Å². The number of hydrogen-bond acceptors (Lipinski definition) is 5. The smallest absolute Gasteiger partial charge is 0.231 e. The lowest BCUT2D eigenvalue weighted by Crippen LogP contribution is -2.00. The lowest BCUT2D eigenvalue weighted by Gasteiger charge is -2.07. The van der Waals surface area contributed by atoms with Gasteiger partial charge in [-0.15, -0.1) is 10.2 Å². The molecule has 1 aromatic heterocycles. The van der Waals surface area contributed by atoms with Crippen molar-refractivity contribution in [2.24, 2.45) is 0 Å². The Bertz CT molecular complexity index is 596. The van der Waals surface area contributed by atoms with Crippen LogP contribution in [-0.2, 0) is 0 Å². The Morgan fingerprint density at radius 1 is 1.16 bits per heavy atom. The van der Waals surface area contributed by atoms with Gasteiger partial charge in [0.25, 0.3) is 0 Å². The maximum atomic E-state index is 5.40. The van der Waals surface area contributed by atoms with E-state index in [0.717, 1.165) is 40.7 Å². The fourth-order valence-electron chi connectivity index (χ4n) is 2.07. The summed E-state index contributed by atoms with van der Waals surface area (Å²) in [6.07, 6.45) is 0. The summed E-state index contributed by atoms with van der Waals surface area (Å²) < 4.78 is 10.7. The molecule has 1 N–H and O–H groups in total. The van der Waals surface area contributed by atoms with Crippen LogP contribution < -0.4 is 14.8 Å². The zero-order valence-electron chi connectivity index (χ0n) is 10.9. The van der Waals surface area contributed by atoms with Crippen LogP contribution in [0.15, 0.2) is 24.3 Å². The van der Waals surface area contributed by atoms with E-state index in [4.69, 9.17) is 9.47 Å². The summed E-state index contributed by atoms with van der Waals surface area (Å²) in [7, 11) is 0. The van der Waals surface area contributed by atoms with Gasteiger partial charge in [0, 0.05) is 12.1 Å². The lowest BCUT2D eigenvalue weighted by molar-refractivity contribution is 0.174. The standard InChI is InChI=1S/C14H15N3O2/c1-3-15-14-5-4-11(16-17-14)10-7-13-12(6-9(10)2)18-8-19-13/h4-7H,3,8H2,1-2H3,(H,15,17). The van der Waals surface area contributed by atoms with Gasteiger partial charge in [-0.3, -0.25) is 0 Å². The Kier molecular flexibility index (Phi) is 2.95. The summed E-state index contributed by atoms with van der Waals surface area (Å²) in [6.45, 7) is 5.16. The van der Waals surface area contributed by atoms with E-state index in [1.54, 1.807) is 0 Å². The first-order valence-corrected chi connectivity index (χ1v) is 6.26. The highest BCUT2D eigenvalue weighted by atomic mass is 16.7. The first-order valence-electron chi connectivity index (χ1n) is 6.26. The quantitative estimate of drug-likeness (QED) is 0.916. The molecule has 19 heavy (non-hydrogen) atoms. The molecule has 1 aliphatic rings. The molecule has 0 aliphatic carbocycles. The summed E-state index contributed by atoms with van der Waals surface area (Å²) in [5.74, 6) is 2.33. The highest BCUT2D eigenvalue weighted by molar-refractivity contribution is 5.68. The van der Waals surface area contributed by atoms with E-state index in [9.17, 15) is 0 Å². The summed E-state index contributed by atoms with van der Waals surface area (Å²) in [5, 5.41) is 11.5. The molecule has 5 heteroatoms. The topological polar surface area (TPSA) is 56.3 Å². The molecule has 98 valence electrons. The van der Waals surface area contributed by atoms with Crippen molar-refractivity contribution in [2.75, 3.05) is 18.7 Å². The Hall–Kier alpha value is -2.30. The predicted molar refractivity (Wildman–Crippen MR) is 72.5 cm³/mol. The second-order valence-corrected chi connectivity index (χ2v) is 4.35. The molecule has 2 heterocycles. The first-order chi connectivity index (χ1) is 9.28. The van der Waals surface area contributed by atoms with Crippen molar-refractivity contribution in [1.82, 2.24) is 10.2 Å². The molecule has 3 rings (SSSR count). The third-order valence-corrected chi connectivity index (χ3v) is 3.02. The monoisotopic (exact) mass is 257 g/mol. The van der Waals surface area contributed by atoms with E-state index >= 15 is 0 Å². The van der Waals surface area contributed by atoms with Crippen LogP contribution in [0, 0.1) is 6.92 Å². The van der Waals surface area contributed by atoms with E-state index in [1.807, 2.05) is 38.1 Å². The van der Waals surface area contributed by atoms with Gasteiger partial charge in [0.1, 0.15) is 5.82 Å². The number of rotatable bonds is 3. The van der Waals surface area contributed by atoms with Gasteiger partial charge < -0.3 is 14.8 Å². The van der Waals surface area contributed by atoms with Crippen LogP contribution in [0.2, 0.25) is 0 Å². The summed E-state index contributed by atoms with van der Waals surface area (Å²) in [5.41, 5.74) is 2.94. The normalized spacial score (nSPS) is 12.5. The van der Waals surface area contributed by atoms with Gasteiger partial charge in [0.05, 0.1) is 5.69 Å². The molecule has 1 aliphatic heterocycles.